The highest BCUT2D eigenvalue weighted by atomic mass is 127. The third-order valence-electron chi connectivity index (χ3n) is 5.43. The van der Waals surface area contributed by atoms with Gasteiger partial charge in [-0.05, 0) is 38.7 Å². The van der Waals surface area contributed by atoms with E-state index in [2.05, 4.69) is 50.8 Å². The quantitative estimate of drug-likeness (QED) is 0.308. The van der Waals surface area contributed by atoms with E-state index in [-0.39, 0.29) is 36.1 Å². The van der Waals surface area contributed by atoms with Gasteiger partial charge in [0.15, 0.2) is 5.96 Å². The summed E-state index contributed by atoms with van der Waals surface area (Å²) in [5.74, 6) is 1.64. The van der Waals surface area contributed by atoms with E-state index in [4.69, 9.17) is 16.3 Å². The molecule has 172 valence electrons. The molecule has 2 aromatic rings. The Bertz CT molecular complexity index is 873. The van der Waals surface area contributed by atoms with Gasteiger partial charge in [0.25, 0.3) is 0 Å². The number of guanidine groups is 1. The summed E-state index contributed by atoms with van der Waals surface area (Å²) >= 11 is 6.21. The number of hydrogen-bond acceptors (Lipinski definition) is 5. The zero-order valence-electron chi connectivity index (χ0n) is 18.8. The van der Waals surface area contributed by atoms with Crippen molar-refractivity contribution >= 4 is 47.2 Å². The molecule has 0 bridgehead atoms. The molecule has 0 radical (unpaired) electrons. The molecule has 2 atom stereocenters. The van der Waals surface area contributed by atoms with Crippen molar-refractivity contribution in [3.63, 3.8) is 0 Å². The van der Waals surface area contributed by atoms with Crippen LogP contribution in [0.4, 0.5) is 5.69 Å². The van der Waals surface area contributed by atoms with Gasteiger partial charge < -0.3 is 25.2 Å². The van der Waals surface area contributed by atoms with Crippen LogP contribution in [0.5, 0.6) is 5.75 Å². The number of hydrogen-bond donors (Lipinski definition) is 2. The minimum Gasteiger partial charge on any atom is -0.495 e. The largest absolute Gasteiger partial charge is 0.495 e. The van der Waals surface area contributed by atoms with Gasteiger partial charge in [0.05, 0.1) is 25.0 Å². The number of benzene rings is 1. The Hall–Kier alpha value is -1.72. The molecule has 31 heavy (non-hydrogen) atoms. The molecule has 3 rings (SSSR count). The van der Waals surface area contributed by atoms with E-state index in [1.54, 1.807) is 14.2 Å². The predicted molar refractivity (Wildman–Crippen MR) is 138 cm³/mol. The molecule has 1 aliphatic rings. The van der Waals surface area contributed by atoms with Crippen molar-refractivity contribution in [2.45, 2.75) is 18.5 Å². The second kappa shape index (κ2) is 11.8. The van der Waals surface area contributed by atoms with E-state index in [0.717, 1.165) is 43.5 Å². The van der Waals surface area contributed by atoms with Crippen LogP contribution in [0.2, 0.25) is 5.02 Å². The molecular weight excluding hydrogens is 529 g/mol. The highest BCUT2D eigenvalue weighted by molar-refractivity contribution is 14.0. The van der Waals surface area contributed by atoms with E-state index in [0.29, 0.717) is 5.02 Å². The molecule has 1 aromatic heterocycles. The van der Waals surface area contributed by atoms with Crippen LogP contribution in [-0.2, 0) is 7.05 Å². The molecule has 2 unspecified atom stereocenters. The molecular formula is C21H33ClIN7O. The van der Waals surface area contributed by atoms with Gasteiger partial charge in [0, 0.05) is 56.6 Å². The maximum Gasteiger partial charge on any atom is 0.191 e. The molecule has 0 amide bonds. The van der Waals surface area contributed by atoms with Gasteiger partial charge in [-0.2, -0.15) is 5.10 Å². The highest BCUT2D eigenvalue weighted by Gasteiger charge is 2.26. The standard InChI is InChI=1S/C21H32ClN7O.HI/c1-23-21(24-12-19(27(2)3)15-11-25-28(4)13-15)26-17-8-9-29(14-17)18-10-16(22)6-7-20(18)30-5;/h6-7,10-11,13,17,19H,8-9,12,14H2,1-5H3,(H2,23,24,26);1H. The number of aromatic nitrogens is 2. The topological polar surface area (TPSA) is 70.0 Å². The first kappa shape index (κ1) is 25.5. The number of anilines is 1. The first-order valence-electron chi connectivity index (χ1n) is 10.1. The normalized spacial score (nSPS) is 17.5. The number of aryl methyl sites for hydroxylation is 1. The monoisotopic (exact) mass is 561 g/mol. The summed E-state index contributed by atoms with van der Waals surface area (Å²) in [5.41, 5.74) is 2.20. The van der Waals surface area contributed by atoms with Crippen molar-refractivity contribution < 1.29 is 4.74 Å². The molecule has 2 heterocycles. The van der Waals surface area contributed by atoms with Crippen LogP contribution in [0.15, 0.2) is 35.6 Å². The first-order valence-corrected chi connectivity index (χ1v) is 10.5. The summed E-state index contributed by atoms with van der Waals surface area (Å²) in [5, 5.41) is 12.0. The molecule has 2 N–H and O–H groups in total. The zero-order valence-corrected chi connectivity index (χ0v) is 21.9. The number of rotatable bonds is 7. The summed E-state index contributed by atoms with van der Waals surface area (Å²) in [6, 6.07) is 6.22. The third-order valence-corrected chi connectivity index (χ3v) is 5.67. The second-order valence-corrected chi connectivity index (χ2v) is 8.21. The minimum absolute atomic E-state index is 0. The number of nitrogens with one attached hydrogen (secondary N) is 2. The number of ether oxygens (including phenoxy) is 1. The Morgan fingerprint density at radius 1 is 1.42 bits per heavy atom. The summed E-state index contributed by atoms with van der Waals surface area (Å²) in [6.07, 6.45) is 4.97. The van der Waals surface area contributed by atoms with E-state index in [9.17, 15) is 0 Å². The van der Waals surface area contributed by atoms with Gasteiger partial charge in [0.2, 0.25) is 0 Å². The van der Waals surface area contributed by atoms with Gasteiger partial charge in [-0.3, -0.25) is 9.67 Å². The van der Waals surface area contributed by atoms with Crippen molar-refractivity contribution in [3.05, 3.63) is 41.2 Å². The maximum atomic E-state index is 6.21. The van der Waals surface area contributed by atoms with Gasteiger partial charge in [0.1, 0.15) is 5.75 Å². The first-order chi connectivity index (χ1) is 14.4. The Morgan fingerprint density at radius 3 is 2.81 bits per heavy atom. The fraction of sp³-hybridized carbons (Fsp3) is 0.524. The lowest BCUT2D eigenvalue weighted by Gasteiger charge is -2.26. The fourth-order valence-corrected chi connectivity index (χ4v) is 3.97. The molecule has 0 saturated carbocycles. The summed E-state index contributed by atoms with van der Waals surface area (Å²) in [6.45, 7) is 2.52. The van der Waals surface area contributed by atoms with Crippen LogP contribution >= 0.6 is 35.6 Å². The Morgan fingerprint density at radius 2 is 2.19 bits per heavy atom. The Labute approximate surface area is 207 Å². The lowest BCUT2D eigenvalue weighted by Crippen LogP contribution is -2.46. The molecule has 1 aliphatic heterocycles. The van der Waals surface area contributed by atoms with Crippen LogP contribution in [0.3, 0.4) is 0 Å². The smallest absolute Gasteiger partial charge is 0.191 e. The molecule has 1 fully saturated rings. The van der Waals surface area contributed by atoms with Gasteiger partial charge in [-0.15, -0.1) is 24.0 Å². The highest BCUT2D eigenvalue weighted by Crippen LogP contribution is 2.33. The number of nitrogens with zero attached hydrogens (tertiary/aromatic N) is 5. The van der Waals surface area contributed by atoms with Crippen molar-refractivity contribution in [2.24, 2.45) is 12.0 Å². The zero-order chi connectivity index (χ0) is 21.7. The van der Waals surface area contributed by atoms with Crippen molar-refractivity contribution in [1.82, 2.24) is 25.3 Å². The second-order valence-electron chi connectivity index (χ2n) is 7.77. The number of likely N-dealkylation sites (N-methyl/N-ethyl adjacent to an activating group) is 1. The number of halogens is 2. The molecule has 10 heteroatoms. The summed E-state index contributed by atoms with van der Waals surface area (Å²) in [4.78, 5) is 8.90. The van der Waals surface area contributed by atoms with Crippen molar-refractivity contribution in [3.8, 4) is 5.75 Å². The fourth-order valence-electron chi connectivity index (χ4n) is 3.80. The van der Waals surface area contributed by atoms with Crippen molar-refractivity contribution in [1.29, 1.82) is 0 Å². The van der Waals surface area contributed by atoms with Crippen molar-refractivity contribution in [2.75, 3.05) is 52.8 Å². The van der Waals surface area contributed by atoms with Gasteiger partial charge in [-0.25, -0.2) is 0 Å². The van der Waals surface area contributed by atoms with Gasteiger partial charge in [-0.1, -0.05) is 11.6 Å². The average Bonchev–Trinajstić information content (AvgIpc) is 3.36. The Balaban J connectivity index is 0.00000341. The van der Waals surface area contributed by atoms with E-state index in [1.807, 2.05) is 36.1 Å². The number of aliphatic imine (C=N–C) groups is 1. The summed E-state index contributed by atoms with van der Waals surface area (Å²) in [7, 11) is 9.57. The minimum atomic E-state index is 0. The van der Waals surface area contributed by atoms with Gasteiger partial charge >= 0.3 is 0 Å². The molecule has 0 aliphatic carbocycles. The lowest BCUT2D eigenvalue weighted by atomic mass is 10.1. The van der Waals surface area contributed by atoms with Crippen LogP contribution in [-0.4, -0.2) is 74.6 Å². The maximum absolute atomic E-state index is 6.21. The predicted octanol–water partition coefficient (Wildman–Crippen LogP) is 2.75. The molecule has 1 aromatic carbocycles. The molecule has 8 nitrogen and oxygen atoms in total. The SMILES string of the molecule is CN=C(NCC(c1cnn(C)c1)N(C)C)NC1CCN(c2cc(Cl)ccc2OC)C1.I. The van der Waals surface area contributed by atoms with E-state index in [1.165, 1.54) is 5.56 Å². The molecule has 1 saturated heterocycles. The van der Waals surface area contributed by atoms with Crippen LogP contribution < -0.4 is 20.3 Å². The number of methoxy groups -OCH3 is 1. The van der Waals surface area contributed by atoms with E-state index >= 15 is 0 Å². The Kier molecular flexibility index (Phi) is 9.70. The molecule has 0 spiro atoms. The van der Waals surface area contributed by atoms with Crippen LogP contribution in [0, 0.1) is 0 Å². The van der Waals surface area contributed by atoms with Crippen LogP contribution in [0.25, 0.3) is 0 Å². The van der Waals surface area contributed by atoms with Crippen LogP contribution in [0.1, 0.15) is 18.0 Å². The lowest BCUT2D eigenvalue weighted by molar-refractivity contribution is 0.298. The third kappa shape index (κ3) is 6.63. The average molecular weight is 562 g/mol. The van der Waals surface area contributed by atoms with E-state index < -0.39 is 0 Å². The summed E-state index contributed by atoms with van der Waals surface area (Å²) < 4.78 is 7.34.